The van der Waals surface area contributed by atoms with Crippen LogP contribution in [-0.2, 0) is 11.3 Å². The molecule has 2 aromatic heterocycles. The average molecular weight is 442 g/mol. The van der Waals surface area contributed by atoms with Crippen molar-refractivity contribution >= 4 is 34.1 Å². The third-order valence-electron chi connectivity index (χ3n) is 5.76. The van der Waals surface area contributed by atoms with Crippen LogP contribution in [0.4, 0.5) is 21.7 Å². The minimum absolute atomic E-state index is 0.0372. The Labute approximate surface area is 185 Å². The molecule has 170 valence electrons. The quantitative estimate of drug-likeness (QED) is 0.422. The molecular formula is C22H28FN7O2. The van der Waals surface area contributed by atoms with Gasteiger partial charge in [-0.25, -0.2) is 9.37 Å². The number of benzene rings is 1. The number of nitrogens with zero attached hydrogens (tertiary/aromatic N) is 3. The van der Waals surface area contributed by atoms with E-state index in [2.05, 4.69) is 20.7 Å². The number of fused-ring (bicyclic) bond motifs is 1. The number of methoxy groups -OCH3 is 1. The van der Waals surface area contributed by atoms with Crippen molar-refractivity contribution in [3.05, 3.63) is 41.8 Å². The molecule has 2 heterocycles. The maximum absolute atomic E-state index is 14.8. The summed E-state index contributed by atoms with van der Waals surface area (Å²) in [6.07, 6.45) is 5.67. The number of amides is 1. The molecule has 0 radical (unpaired) electrons. The second-order valence-corrected chi connectivity index (χ2v) is 8.03. The van der Waals surface area contributed by atoms with Crippen molar-refractivity contribution in [1.29, 1.82) is 0 Å². The van der Waals surface area contributed by atoms with E-state index in [1.54, 1.807) is 11.8 Å². The fourth-order valence-electron chi connectivity index (χ4n) is 4.02. The zero-order chi connectivity index (χ0) is 22.7. The van der Waals surface area contributed by atoms with Crippen molar-refractivity contribution in [2.75, 3.05) is 24.4 Å². The lowest BCUT2D eigenvalue weighted by Gasteiger charge is -2.30. The second kappa shape index (κ2) is 9.49. The maximum atomic E-state index is 14.8. The number of rotatable bonds is 8. The zero-order valence-electron chi connectivity index (χ0n) is 18.0. The molecule has 0 saturated heterocycles. The summed E-state index contributed by atoms with van der Waals surface area (Å²) in [6, 6.07) is 6.51. The van der Waals surface area contributed by atoms with Crippen molar-refractivity contribution < 1.29 is 13.9 Å². The lowest BCUT2D eigenvalue weighted by atomic mass is 9.91. The Morgan fingerprint density at radius 3 is 2.88 bits per heavy atom. The lowest BCUT2D eigenvalue weighted by Crippen LogP contribution is -2.43. The largest absolute Gasteiger partial charge is 0.383 e. The maximum Gasteiger partial charge on any atom is 0.252 e. The van der Waals surface area contributed by atoms with Gasteiger partial charge < -0.3 is 26.8 Å². The highest BCUT2D eigenvalue weighted by Crippen LogP contribution is 2.29. The van der Waals surface area contributed by atoms with E-state index in [0.29, 0.717) is 18.8 Å². The van der Waals surface area contributed by atoms with Gasteiger partial charge in [0, 0.05) is 30.8 Å². The summed E-state index contributed by atoms with van der Waals surface area (Å²) in [7, 11) is 1.63. The Kier molecular flexibility index (Phi) is 6.52. The highest BCUT2D eigenvalue weighted by atomic mass is 19.1. The van der Waals surface area contributed by atoms with E-state index in [9.17, 15) is 9.18 Å². The topological polar surface area (TPSA) is 133 Å². The zero-order valence-corrected chi connectivity index (χ0v) is 18.0. The number of halogens is 1. The van der Waals surface area contributed by atoms with E-state index < -0.39 is 11.7 Å². The highest BCUT2D eigenvalue weighted by Gasteiger charge is 2.24. The molecule has 9 nitrogen and oxygen atoms in total. The van der Waals surface area contributed by atoms with Gasteiger partial charge in [-0.3, -0.25) is 9.48 Å². The number of primary amides is 1. The van der Waals surface area contributed by atoms with Crippen LogP contribution < -0.4 is 22.1 Å². The Bertz CT molecular complexity index is 1120. The van der Waals surface area contributed by atoms with Crippen LogP contribution in [0.3, 0.4) is 0 Å². The van der Waals surface area contributed by atoms with Gasteiger partial charge in [0.2, 0.25) is 0 Å². The monoisotopic (exact) mass is 441 g/mol. The minimum atomic E-state index is -0.775. The first-order valence-electron chi connectivity index (χ1n) is 10.7. The predicted octanol–water partition coefficient (Wildman–Crippen LogP) is 2.74. The van der Waals surface area contributed by atoms with Crippen LogP contribution in [-0.4, -0.2) is 46.5 Å². The molecule has 3 aromatic rings. The number of anilines is 3. The number of carbonyl (C=O) groups excluding carboxylic acids is 1. The molecule has 1 saturated carbocycles. The van der Waals surface area contributed by atoms with Crippen LogP contribution in [0.1, 0.15) is 36.0 Å². The van der Waals surface area contributed by atoms with Crippen LogP contribution >= 0.6 is 0 Å². The van der Waals surface area contributed by atoms with E-state index in [1.807, 2.05) is 24.4 Å². The first kappa shape index (κ1) is 22.0. The molecule has 1 aromatic carbocycles. The number of pyridine rings is 1. The van der Waals surface area contributed by atoms with Crippen molar-refractivity contribution in [2.24, 2.45) is 11.5 Å². The molecule has 32 heavy (non-hydrogen) atoms. The van der Waals surface area contributed by atoms with E-state index in [4.69, 9.17) is 16.2 Å². The molecule has 0 spiro atoms. The van der Waals surface area contributed by atoms with Gasteiger partial charge in [0.25, 0.3) is 5.91 Å². The third kappa shape index (κ3) is 4.66. The number of hydrogen-bond acceptors (Lipinski definition) is 7. The molecule has 1 fully saturated rings. The summed E-state index contributed by atoms with van der Waals surface area (Å²) in [5.74, 6) is -1.21. The van der Waals surface area contributed by atoms with Crippen LogP contribution in [0, 0.1) is 5.82 Å². The van der Waals surface area contributed by atoms with Gasteiger partial charge in [-0.2, -0.15) is 5.10 Å². The molecule has 0 unspecified atom stereocenters. The minimum Gasteiger partial charge on any atom is -0.383 e. The van der Waals surface area contributed by atoms with Gasteiger partial charge in [-0.05, 0) is 31.0 Å². The molecule has 2 atom stereocenters. The fourth-order valence-corrected chi connectivity index (χ4v) is 4.02. The standard InChI is InChI=1S/C22H28FN7O2/c1-32-10-9-30-12-14-17(7-4-8-18(14)29-30)26-21-13(20(25)31)11-15(23)22(28-21)27-19-6-3-2-5-16(19)24/h4,7-8,11-12,16,19H,2-3,5-6,9-10,24H2,1H3,(H2,25,31)(H2,26,27,28)/t16-,19+/m0/s1. The summed E-state index contributed by atoms with van der Waals surface area (Å²) in [6.45, 7) is 1.13. The molecule has 1 aliphatic rings. The predicted molar refractivity (Wildman–Crippen MR) is 121 cm³/mol. The van der Waals surface area contributed by atoms with E-state index in [-0.39, 0.29) is 29.3 Å². The lowest BCUT2D eigenvalue weighted by molar-refractivity contribution is 0.100. The van der Waals surface area contributed by atoms with Crippen molar-refractivity contribution in [1.82, 2.24) is 14.8 Å². The number of aromatic nitrogens is 3. The van der Waals surface area contributed by atoms with E-state index >= 15 is 0 Å². The van der Waals surface area contributed by atoms with Gasteiger partial charge in [0.1, 0.15) is 5.82 Å². The SMILES string of the molecule is COCCn1cc2c(Nc3nc(N[C@@H]4CCCC[C@@H]4N)c(F)cc3C(N)=O)cccc2n1. The Morgan fingerprint density at radius 1 is 1.31 bits per heavy atom. The molecule has 10 heteroatoms. The molecule has 4 rings (SSSR count). The third-order valence-corrected chi connectivity index (χ3v) is 5.76. The Hall–Kier alpha value is -3.24. The Morgan fingerprint density at radius 2 is 2.12 bits per heavy atom. The smallest absolute Gasteiger partial charge is 0.252 e. The normalized spacial score (nSPS) is 18.6. The number of hydrogen-bond donors (Lipinski definition) is 4. The second-order valence-electron chi connectivity index (χ2n) is 8.03. The molecule has 1 amide bonds. The summed E-state index contributed by atoms with van der Waals surface area (Å²) in [5, 5.41) is 11.6. The molecule has 0 aliphatic heterocycles. The first-order valence-corrected chi connectivity index (χ1v) is 10.7. The highest BCUT2D eigenvalue weighted by molar-refractivity contribution is 6.00. The van der Waals surface area contributed by atoms with Crippen LogP contribution in [0.2, 0.25) is 0 Å². The van der Waals surface area contributed by atoms with E-state index in [1.165, 1.54) is 0 Å². The van der Waals surface area contributed by atoms with Gasteiger partial charge >= 0.3 is 0 Å². The van der Waals surface area contributed by atoms with Gasteiger partial charge in [0.15, 0.2) is 11.6 Å². The number of nitrogens with one attached hydrogen (secondary N) is 2. The number of nitrogens with two attached hydrogens (primary N) is 2. The Balaban J connectivity index is 1.67. The van der Waals surface area contributed by atoms with Crippen LogP contribution in [0.25, 0.3) is 10.9 Å². The van der Waals surface area contributed by atoms with Crippen molar-refractivity contribution in [3.8, 4) is 0 Å². The summed E-state index contributed by atoms with van der Waals surface area (Å²) in [5.41, 5.74) is 13.1. The fraction of sp³-hybridized carbons (Fsp3) is 0.409. The van der Waals surface area contributed by atoms with Gasteiger partial charge in [-0.1, -0.05) is 18.9 Å². The van der Waals surface area contributed by atoms with Crippen LogP contribution in [0.15, 0.2) is 30.5 Å². The summed E-state index contributed by atoms with van der Waals surface area (Å²) >= 11 is 0. The summed E-state index contributed by atoms with van der Waals surface area (Å²) in [4.78, 5) is 16.4. The molecular weight excluding hydrogens is 413 g/mol. The first-order chi connectivity index (χ1) is 15.5. The van der Waals surface area contributed by atoms with Gasteiger partial charge in [-0.15, -0.1) is 0 Å². The molecule has 1 aliphatic carbocycles. The number of carbonyl (C=O) groups is 1. The molecule has 0 bridgehead atoms. The molecule has 6 N–H and O–H groups in total. The average Bonchev–Trinajstić information content (AvgIpc) is 3.19. The van der Waals surface area contributed by atoms with Gasteiger partial charge in [0.05, 0.1) is 29.9 Å². The van der Waals surface area contributed by atoms with Crippen LogP contribution in [0.5, 0.6) is 0 Å². The van der Waals surface area contributed by atoms with Crippen molar-refractivity contribution in [2.45, 2.75) is 44.3 Å². The number of ether oxygens (including phenoxy) is 1. The summed E-state index contributed by atoms with van der Waals surface area (Å²) < 4.78 is 21.7. The van der Waals surface area contributed by atoms with Crippen molar-refractivity contribution in [3.63, 3.8) is 0 Å². The van der Waals surface area contributed by atoms with E-state index in [0.717, 1.165) is 42.7 Å².